The van der Waals surface area contributed by atoms with Crippen LogP contribution in [-0.2, 0) is 9.47 Å². The predicted octanol–water partition coefficient (Wildman–Crippen LogP) is 3.81. The lowest BCUT2D eigenvalue weighted by Crippen LogP contribution is -2.08. The van der Waals surface area contributed by atoms with E-state index in [-0.39, 0.29) is 12.3 Å². The lowest BCUT2D eigenvalue weighted by Gasteiger charge is -2.17. The minimum absolute atomic E-state index is 0.282. The first kappa shape index (κ1) is 17.2. The van der Waals surface area contributed by atoms with Crippen molar-refractivity contribution < 1.29 is 9.47 Å². The molecule has 2 rings (SSSR count). The summed E-state index contributed by atoms with van der Waals surface area (Å²) in [6.07, 6.45) is -0.321. The van der Waals surface area contributed by atoms with Crippen molar-refractivity contribution in [2.75, 3.05) is 13.2 Å². The van der Waals surface area contributed by atoms with Crippen molar-refractivity contribution in [3.05, 3.63) is 71.3 Å². The monoisotopic (exact) mass is 309 g/mol. The third kappa shape index (κ3) is 5.22. The SMILES string of the molecule is CCOC(OCC)c1ccc(C#CC(N)c2ccccc2)cc1. The Bertz CT molecular complexity index is 635. The van der Waals surface area contributed by atoms with Crippen molar-refractivity contribution in [3.8, 4) is 11.8 Å². The second-order valence-electron chi connectivity index (χ2n) is 5.02. The molecule has 2 aromatic rings. The molecule has 0 saturated heterocycles. The molecule has 3 nitrogen and oxygen atoms in total. The van der Waals surface area contributed by atoms with Crippen molar-refractivity contribution in [2.24, 2.45) is 5.73 Å². The molecule has 2 N–H and O–H groups in total. The highest BCUT2D eigenvalue weighted by Crippen LogP contribution is 2.19. The summed E-state index contributed by atoms with van der Waals surface area (Å²) < 4.78 is 11.2. The lowest BCUT2D eigenvalue weighted by atomic mass is 10.1. The number of benzene rings is 2. The van der Waals surface area contributed by atoms with E-state index in [1.165, 1.54) is 0 Å². The molecule has 0 heterocycles. The molecule has 0 radical (unpaired) electrons. The van der Waals surface area contributed by atoms with Gasteiger partial charge in [-0.3, -0.25) is 0 Å². The molecule has 0 fully saturated rings. The quantitative estimate of drug-likeness (QED) is 0.652. The second kappa shape index (κ2) is 9.12. The first-order valence-corrected chi connectivity index (χ1v) is 7.89. The molecule has 1 unspecified atom stereocenters. The van der Waals surface area contributed by atoms with Crippen LogP contribution in [0.2, 0.25) is 0 Å². The third-order valence-electron chi connectivity index (χ3n) is 3.35. The molecule has 0 bridgehead atoms. The summed E-state index contributed by atoms with van der Waals surface area (Å²) in [5.74, 6) is 6.20. The molecule has 23 heavy (non-hydrogen) atoms. The Morgan fingerprint density at radius 3 is 2.04 bits per heavy atom. The van der Waals surface area contributed by atoms with Crippen LogP contribution in [0.15, 0.2) is 54.6 Å². The fraction of sp³-hybridized carbons (Fsp3) is 0.300. The summed E-state index contributed by atoms with van der Waals surface area (Å²) >= 11 is 0. The zero-order valence-corrected chi connectivity index (χ0v) is 13.7. The Morgan fingerprint density at radius 1 is 0.870 bits per heavy atom. The number of ether oxygens (including phenoxy) is 2. The van der Waals surface area contributed by atoms with E-state index in [4.69, 9.17) is 15.2 Å². The van der Waals surface area contributed by atoms with Crippen LogP contribution in [-0.4, -0.2) is 13.2 Å². The van der Waals surface area contributed by atoms with Gasteiger partial charge >= 0.3 is 0 Å². The van der Waals surface area contributed by atoms with Crippen LogP contribution < -0.4 is 5.73 Å². The molecule has 0 amide bonds. The van der Waals surface area contributed by atoms with Crippen molar-refractivity contribution >= 4 is 0 Å². The maximum absolute atomic E-state index is 6.09. The topological polar surface area (TPSA) is 44.5 Å². The smallest absolute Gasteiger partial charge is 0.183 e. The minimum Gasteiger partial charge on any atom is -0.349 e. The molecule has 3 heteroatoms. The molecule has 0 saturated carbocycles. The van der Waals surface area contributed by atoms with E-state index in [1.54, 1.807) is 0 Å². The molecule has 0 aliphatic carbocycles. The van der Waals surface area contributed by atoms with Gasteiger partial charge in [0.2, 0.25) is 0 Å². The van der Waals surface area contributed by atoms with Crippen LogP contribution in [0.5, 0.6) is 0 Å². The number of rotatable bonds is 6. The van der Waals surface area contributed by atoms with Gasteiger partial charge in [-0.15, -0.1) is 0 Å². The molecule has 0 aliphatic rings. The van der Waals surface area contributed by atoms with Gasteiger partial charge in [0.05, 0.1) is 6.04 Å². The van der Waals surface area contributed by atoms with Crippen LogP contribution >= 0.6 is 0 Å². The fourth-order valence-electron chi connectivity index (χ4n) is 2.17. The van der Waals surface area contributed by atoms with E-state index in [2.05, 4.69) is 11.8 Å². The Balaban J connectivity index is 2.07. The zero-order chi connectivity index (χ0) is 16.5. The normalized spacial score (nSPS) is 11.8. The van der Waals surface area contributed by atoms with Gasteiger partial charge in [-0.25, -0.2) is 0 Å². The lowest BCUT2D eigenvalue weighted by molar-refractivity contribution is -0.140. The minimum atomic E-state index is -0.321. The van der Waals surface area contributed by atoms with Crippen LogP contribution in [0, 0.1) is 11.8 Å². The Morgan fingerprint density at radius 2 is 1.48 bits per heavy atom. The summed E-state index contributed by atoms with van der Waals surface area (Å²) in [6, 6.07) is 17.5. The van der Waals surface area contributed by atoms with Crippen molar-refractivity contribution in [2.45, 2.75) is 26.2 Å². The maximum atomic E-state index is 6.09. The summed E-state index contributed by atoms with van der Waals surface area (Å²) in [7, 11) is 0. The van der Waals surface area contributed by atoms with Gasteiger partial charge in [0.25, 0.3) is 0 Å². The van der Waals surface area contributed by atoms with E-state index in [0.29, 0.717) is 13.2 Å². The highest BCUT2D eigenvalue weighted by Gasteiger charge is 2.10. The molecular formula is C20H23NO2. The van der Waals surface area contributed by atoms with Gasteiger partial charge in [-0.2, -0.15) is 0 Å². The van der Waals surface area contributed by atoms with Gasteiger partial charge in [0, 0.05) is 24.3 Å². The average molecular weight is 309 g/mol. The Hall–Kier alpha value is -2.12. The van der Waals surface area contributed by atoms with Crippen molar-refractivity contribution in [1.29, 1.82) is 0 Å². The Labute approximate surface area is 138 Å². The molecular weight excluding hydrogens is 286 g/mol. The highest BCUT2D eigenvalue weighted by molar-refractivity contribution is 5.39. The first-order valence-electron chi connectivity index (χ1n) is 7.89. The maximum Gasteiger partial charge on any atom is 0.183 e. The summed E-state index contributed by atoms with van der Waals surface area (Å²) in [5, 5.41) is 0. The van der Waals surface area contributed by atoms with E-state index >= 15 is 0 Å². The number of hydrogen-bond donors (Lipinski definition) is 1. The fourth-order valence-corrected chi connectivity index (χ4v) is 2.17. The standard InChI is InChI=1S/C20H23NO2/c1-3-22-20(23-4-2)18-13-10-16(11-14-18)12-15-19(21)17-8-6-5-7-9-17/h5-11,13-14,19-20H,3-4,21H2,1-2H3. The summed E-state index contributed by atoms with van der Waals surface area (Å²) in [6.45, 7) is 5.13. The molecule has 0 spiro atoms. The second-order valence-corrected chi connectivity index (χ2v) is 5.02. The van der Waals surface area contributed by atoms with E-state index in [1.807, 2.05) is 68.4 Å². The molecule has 1 atom stereocenters. The largest absolute Gasteiger partial charge is 0.349 e. The average Bonchev–Trinajstić information content (AvgIpc) is 2.61. The molecule has 0 aliphatic heterocycles. The highest BCUT2D eigenvalue weighted by atomic mass is 16.7. The molecule has 120 valence electrons. The van der Waals surface area contributed by atoms with E-state index < -0.39 is 0 Å². The van der Waals surface area contributed by atoms with Gasteiger partial charge < -0.3 is 15.2 Å². The van der Waals surface area contributed by atoms with Crippen LogP contribution in [0.4, 0.5) is 0 Å². The molecule has 2 aromatic carbocycles. The Kier molecular flexibility index (Phi) is 6.83. The van der Waals surface area contributed by atoms with E-state index in [0.717, 1.165) is 16.7 Å². The molecule has 0 aromatic heterocycles. The number of hydrogen-bond acceptors (Lipinski definition) is 3. The third-order valence-corrected chi connectivity index (χ3v) is 3.35. The van der Waals surface area contributed by atoms with Gasteiger partial charge in [-0.05, 0) is 31.5 Å². The van der Waals surface area contributed by atoms with Gasteiger partial charge in [0.1, 0.15) is 0 Å². The number of nitrogens with two attached hydrogens (primary N) is 1. The van der Waals surface area contributed by atoms with Crippen LogP contribution in [0.25, 0.3) is 0 Å². The van der Waals surface area contributed by atoms with E-state index in [9.17, 15) is 0 Å². The van der Waals surface area contributed by atoms with Gasteiger partial charge in [0.15, 0.2) is 6.29 Å². The summed E-state index contributed by atoms with van der Waals surface area (Å²) in [4.78, 5) is 0. The summed E-state index contributed by atoms with van der Waals surface area (Å²) in [5.41, 5.74) is 9.02. The first-order chi connectivity index (χ1) is 11.2. The van der Waals surface area contributed by atoms with Crippen molar-refractivity contribution in [1.82, 2.24) is 0 Å². The predicted molar refractivity (Wildman–Crippen MR) is 92.7 cm³/mol. The zero-order valence-electron chi connectivity index (χ0n) is 13.7. The van der Waals surface area contributed by atoms with Gasteiger partial charge in [-0.1, -0.05) is 54.3 Å². The van der Waals surface area contributed by atoms with Crippen molar-refractivity contribution in [3.63, 3.8) is 0 Å². The van der Waals surface area contributed by atoms with Crippen LogP contribution in [0.3, 0.4) is 0 Å². The van der Waals surface area contributed by atoms with Crippen LogP contribution in [0.1, 0.15) is 42.9 Å².